The van der Waals surface area contributed by atoms with Gasteiger partial charge in [0.15, 0.2) is 5.65 Å². The summed E-state index contributed by atoms with van der Waals surface area (Å²) in [5, 5.41) is 8.31. The second-order valence-corrected chi connectivity index (χ2v) is 4.28. The SMILES string of the molecule is O=Cc1ccn2c(C3CCCOC3)nnc2c1. The van der Waals surface area contributed by atoms with Crippen LogP contribution in [0.5, 0.6) is 0 Å². The molecule has 3 rings (SSSR count). The molecule has 1 fully saturated rings. The number of hydrogen-bond donors (Lipinski definition) is 0. The van der Waals surface area contributed by atoms with Crippen LogP contribution in [0.15, 0.2) is 18.3 Å². The first kappa shape index (κ1) is 10.4. The molecule has 0 bridgehead atoms. The van der Waals surface area contributed by atoms with Gasteiger partial charge in [0.1, 0.15) is 12.1 Å². The van der Waals surface area contributed by atoms with Crippen molar-refractivity contribution in [1.29, 1.82) is 0 Å². The van der Waals surface area contributed by atoms with Crippen molar-refractivity contribution in [3.8, 4) is 0 Å². The smallest absolute Gasteiger partial charge is 0.161 e. The van der Waals surface area contributed by atoms with E-state index in [9.17, 15) is 4.79 Å². The maximum Gasteiger partial charge on any atom is 0.161 e. The number of carbonyl (C=O) groups is 1. The van der Waals surface area contributed by atoms with Crippen LogP contribution in [-0.4, -0.2) is 34.1 Å². The lowest BCUT2D eigenvalue weighted by atomic mass is 10.0. The Labute approximate surface area is 98.4 Å². The van der Waals surface area contributed by atoms with Crippen molar-refractivity contribution < 1.29 is 9.53 Å². The minimum absolute atomic E-state index is 0.306. The van der Waals surface area contributed by atoms with Gasteiger partial charge in [-0.3, -0.25) is 9.20 Å². The molecule has 0 saturated carbocycles. The van der Waals surface area contributed by atoms with Crippen molar-refractivity contribution in [3.05, 3.63) is 29.7 Å². The van der Waals surface area contributed by atoms with Crippen LogP contribution in [0.2, 0.25) is 0 Å². The van der Waals surface area contributed by atoms with Gasteiger partial charge in [-0.05, 0) is 25.0 Å². The Balaban J connectivity index is 2.02. The van der Waals surface area contributed by atoms with Crippen LogP contribution in [0.25, 0.3) is 5.65 Å². The maximum atomic E-state index is 10.7. The molecule has 1 atom stereocenters. The van der Waals surface area contributed by atoms with E-state index in [1.165, 1.54) is 0 Å². The molecule has 1 aliphatic rings. The third-order valence-electron chi connectivity index (χ3n) is 3.12. The van der Waals surface area contributed by atoms with Crippen molar-refractivity contribution in [1.82, 2.24) is 14.6 Å². The minimum atomic E-state index is 0.306. The quantitative estimate of drug-likeness (QED) is 0.734. The van der Waals surface area contributed by atoms with E-state index >= 15 is 0 Å². The number of pyridine rings is 1. The van der Waals surface area contributed by atoms with Gasteiger partial charge in [-0.2, -0.15) is 0 Å². The monoisotopic (exact) mass is 231 g/mol. The number of hydrogen-bond acceptors (Lipinski definition) is 4. The molecule has 1 saturated heterocycles. The number of fused-ring (bicyclic) bond motifs is 1. The normalized spacial score (nSPS) is 20.6. The summed E-state index contributed by atoms with van der Waals surface area (Å²) in [6.07, 6.45) is 4.81. The first-order valence-electron chi connectivity index (χ1n) is 5.76. The molecular formula is C12H13N3O2. The molecular weight excluding hydrogens is 218 g/mol. The van der Waals surface area contributed by atoms with Crippen LogP contribution in [0, 0.1) is 0 Å². The molecule has 17 heavy (non-hydrogen) atoms. The highest BCUT2D eigenvalue weighted by atomic mass is 16.5. The highest BCUT2D eigenvalue weighted by Gasteiger charge is 2.21. The van der Waals surface area contributed by atoms with Crippen molar-refractivity contribution in [2.24, 2.45) is 0 Å². The van der Waals surface area contributed by atoms with E-state index in [-0.39, 0.29) is 0 Å². The van der Waals surface area contributed by atoms with E-state index in [1.54, 1.807) is 12.1 Å². The molecule has 5 nitrogen and oxygen atoms in total. The molecule has 0 spiro atoms. The average Bonchev–Trinajstić information content (AvgIpc) is 2.82. The standard InChI is InChI=1S/C12H13N3O2/c16-7-9-3-4-15-11(6-9)13-14-12(15)10-2-1-5-17-8-10/h3-4,6-7,10H,1-2,5,8H2. The Kier molecular flexibility index (Phi) is 2.60. The van der Waals surface area contributed by atoms with Crippen LogP contribution >= 0.6 is 0 Å². The summed E-state index contributed by atoms with van der Waals surface area (Å²) in [5.41, 5.74) is 1.34. The van der Waals surface area contributed by atoms with E-state index in [2.05, 4.69) is 10.2 Å². The zero-order valence-electron chi connectivity index (χ0n) is 9.37. The van der Waals surface area contributed by atoms with Gasteiger partial charge in [0, 0.05) is 24.3 Å². The zero-order chi connectivity index (χ0) is 11.7. The largest absolute Gasteiger partial charge is 0.381 e. The maximum absolute atomic E-state index is 10.7. The molecule has 3 heterocycles. The summed E-state index contributed by atoms with van der Waals surface area (Å²) in [6.45, 7) is 1.54. The predicted molar refractivity (Wildman–Crippen MR) is 61.2 cm³/mol. The fourth-order valence-electron chi connectivity index (χ4n) is 2.22. The number of aldehydes is 1. The molecule has 0 radical (unpaired) electrons. The van der Waals surface area contributed by atoms with Crippen LogP contribution in [0.4, 0.5) is 0 Å². The molecule has 0 N–H and O–H groups in total. The van der Waals surface area contributed by atoms with Gasteiger partial charge < -0.3 is 4.74 Å². The topological polar surface area (TPSA) is 56.5 Å². The number of carbonyl (C=O) groups excluding carboxylic acids is 1. The molecule has 0 aromatic carbocycles. The second kappa shape index (κ2) is 4.25. The Morgan fingerprint density at radius 1 is 1.47 bits per heavy atom. The van der Waals surface area contributed by atoms with Crippen LogP contribution in [0.3, 0.4) is 0 Å². The highest BCUT2D eigenvalue weighted by Crippen LogP contribution is 2.24. The van der Waals surface area contributed by atoms with E-state index < -0.39 is 0 Å². The Morgan fingerprint density at radius 3 is 3.18 bits per heavy atom. The average molecular weight is 231 g/mol. The molecule has 5 heteroatoms. The summed E-state index contributed by atoms with van der Waals surface area (Å²) < 4.78 is 7.40. The van der Waals surface area contributed by atoms with Gasteiger partial charge in [-0.25, -0.2) is 0 Å². The van der Waals surface area contributed by atoms with Crippen molar-refractivity contribution in [2.75, 3.05) is 13.2 Å². The lowest BCUT2D eigenvalue weighted by Crippen LogP contribution is -2.17. The number of rotatable bonds is 2. The van der Waals surface area contributed by atoms with Gasteiger partial charge in [0.05, 0.1) is 6.61 Å². The summed E-state index contributed by atoms with van der Waals surface area (Å²) >= 11 is 0. The molecule has 2 aromatic rings. The second-order valence-electron chi connectivity index (χ2n) is 4.28. The molecule has 0 aliphatic carbocycles. The summed E-state index contributed by atoms with van der Waals surface area (Å²) in [4.78, 5) is 10.7. The molecule has 2 aromatic heterocycles. The fraction of sp³-hybridized carbons (Fsp3) is 0.417. The first-order valence-corrected chi connectivity index (χ1v) is 5.76. The van der Waals surface area contributed by atoms with Gasteiger partial charge in [0.2, 0.25) is 0 Å². The van der Waals surface area contributed by atoms with Gasteiger partial charge in [0.25, 0.3) is 0 Å². The first-order chi connectivity index (χ1) is 8.38. The van der Waals surface area contributed by atoms with E-state index in [0.717, 1.165) is 37.2 Å². The Morgan fingerprint density at radius 2 is 2.41 bits per heavy atom. The molecule has 88 valence electrons. The Bertz CT molecular complexity index is 544. The van der Waals surface area contributed by atoms with E-state index in [1.807, 2.05) is 10.6 Å². The summed E-state index contributed by atoms with van der Waals surface area (Å²) in [6, 6.07) is 3.52. The van der Waals surface area contributed by atoms with Gasteiger partial charge in [-0.1, -0.05) is 0 Å². The third kappa shape index (κ3) is 1.82. The number of ether oxygens (including phenoxy) is 1. The van der Waals surface area contributed by atoms with Crippen molar-refractivity contribution >= 4 is 11.9 Å². The van der Waals surface area contributed by atoms with Crippen LogP contribution in [0.1, 0.15) is 34.9 Å². The van der Waals surface area contributed by atoms with Crippen LogP contribution in [-0.2, 0) is 4.74 Å². The summed E-state index contributed by atoms with van der Waals surface area (Å²) in [7, 11) is 0. The minimum Gasteiger partial charge on any atom is -0.381 e. The van der Waals surface area contributed by atoms with Crippen LogP contribution < -0.4 is 0 Å². The highest BCUT2D eigenvalue weighted by molar-refractivity contribution is 5.76. The van der Waals surface area contributed by atoms with Crippen molar-refractivity contribution in [3.63, 3.8) is 0 Å². The molecule has 1 aliphatic heterocycles. The lowest BCUT2D eigenvalue weighted by Gasteiger charge is -2.20. The number of nitrogens with zero attached hydrogens (tertiary/aromatic N) is 3. The summed E-state index contributed by atoms with van der Waals surface area (Å²) in [5.74, 6) is 1.23. The Hall–Kier alpha value is -1.75. The number of aromatic nitrogens is 3. The third-order valence-corrected chi connectivity index (χ3v) is 3.12. The van der Waals surface area contributed by atoms with E-state index in [4.69, 9.17) is 4.74 Å². The van der Waals surface area contributed by atoms with Gasteiger partial charge >= 0.3 is 0 Å². The molecule has 1 unspecified atom stereocenters. The predicted octanol–water partition coefficient (Wildman–Crippen LogP) is 1.44. The fourth-order valence-corrected chi connectivity index (χ4v) is 2.22. The van der Waals surface area contributed by atoms with E-state index in [0.29, 0.717) is 18.1 Å². The van der Waals surface area contributed by atoms with Crippen molar-refractivity contribution in [2.45, 2.75) is 18.8 Å². The zero-order valence-corrected chi connectivity index (χ0v) is 9.37. The lowest BCUT2D eigenvalue weighted by molar-refractivity contribution is 0.0777. The molecule has 0 amide bonds. The van der Waals surface area contributed by atoms with Gasteiger partial charge in [-0.15, -0.1) is 10.2 Å².